The summed E-state index contributed by atoms with van der Waals surface area (Å²) in [5.74, 6) is -0.440. The first-order valence-electron chi connectivity index (χ1n) is 6.42. The van der Waals surface area contributed by atoms with Gasteiger partial charge in [0.05, 0.1) is 18.9 Å². The van der Waals surface area contributed by atoms with Gasteiger partial charge in [0.1, 0.15) is 6.04 Å². The number of rotatable bonds is 3. The number of morpholine rings is 1. The molecule has 2 heterocycles. The monoisotopic (exact) mass is 278 g/mol. The third-order valence-corrected chi connectivity index (χ3v) is 3.21. The predicted octanol–water partition coefficient (Wildman–Crippen LogP) is -0.873. The number of amides is 2. The van der Waals surface area contributed by atoms with Crippen molar-refractivity contribution in [1.29, 1.82) is 0 Å². The summed E-state index contributed by atoms with van der Waals surface area (Å²) in [7, 11) is 1.54. The molecule has 0 saturated carbocycles. The van der Waals surface area contributed by atoms with E-state index < -0.39 is 6.04 Å². The Kier molecular flexibility index (Phi) is 4.65. The topological polar surface area (TPSA) is 97.5 Å². The molecule has 20 heavy (non-hydrogen) atoms. The molecule has 1 aromatic heterocycles. The van der Waals surface area contributed by atoms with Gasteiger partial charge in [0.15, 0.2) is 0 Å². The fourth-order valence-electron chi connectivity index (χ4n) is 2.12. The van der Waals surface area contributed by atoms with Crippen LogP contribution in [0.2, 0.25) is 0 Å². The van der Waals surface area contributed by atoms with E-state index in [4.69, 9.17) is 10.5 Å². The van der Waals surface area contributed by atoms with Crippen molar-refractivity contribution >= 4 is 11.8 Å². The number of hydrogen-bond donors (Lipinski definition) is 2. The Morgan fingerprint density at radius 3 is 3.10 bits per heavy atom. The van der Waals surface area contributed by atoms with E-state index in [-0.39, 0.29) is 25.0 Å². The average molecular weight is 278 g/mol. The van der Waals surface area contributed by atoms with Crippen molar-refractivity contribution in [2.45, 2.75) is 12.6 Å². The van der Waals surface area contributed by atoms with Crippen molar-refractivity contribution in [2.24, 2.45) is 5.73 Å². The minimum absolute atomic E-state index is 0.209. The molecule has 7 nitrogen and oxygen atoms in total. The molecule has 2 amide bonds. The molecule has 0 spiro atoms. The van der Waals surface area contributed by atoms with Crippen LogP contribution in [-0.4, -0.2) is 54.5 Å². The van der Waals surface area contributed by atoms with Crippen LogP contribution in [0.15, 0.2) is 18.3 Å². The van der Waals surface area contributed by atoms with Crippen LogP contribution in [0.1, 0.15) is 16.1 Å². The van der Waals surface area contributed by atoms with E-state index in [9.17, 15) is 9.59 Å². The van der Waals surface area contributed by atoms with Crippen LogP contribution in [0.4, 0.5) is 0 Å². The zero-order valence-electron chi connectivity index (χ0n) is 11.3. The van der Waals surface area contributed by atoms with Crippen molar-refractivity contribution in [3.05, 3.63) is 29.6 Å². The van der Waals surface area contributed by atoms with Gasteiger partial charge < -0.3 is 20.7 Å². The first kappa shape index (κ1) is 14.4. The van der Waals surface area contributed by atoms with Gasteiger partial charge in [0.25, 0.3) is 5.91 Å². The minimum atomic E-state index is -0.601. The molecule has 0 bridgehead atoms. The Morgan fingerprint density at radius 2 is 2.40 bits per heavy atom. The summed E-state index contributed by atoms with van der Waals surface area (Å²) in [4.78, 5) is 29.9. The zero-order valence-corrected chi connectivity index (χ0v) is 11.3. The number of carbonyl (C=O) groups excluding carboxylic acids is 2. The van der Waals surface area contributed by atoms with Crippen molar-refractivity contribution in [2.75, 3.05) is 26.8 Å². The molecule has 1 fully saturated rings. The van der Waals surface area contributed by atoms with E-state index in [1.807, 2.05) is 0 Å². The molecule has 7 heteroatoms. The molecule has 1 atom stereocenters. The summed E-state index contributed by atoms with van der Waals surface area (Å²) in [6.45, 7) is 1.29. The van der Waals surface area contributed by atoms with Crippen LogP contribution < -0.4 is 11.1 Å². The lowest BCUT2D eigenvalue weighted by molar-refractivity contribution is -0.130. The van der Waals surface area contributed by atoms with Gasteiger partial charge >= 0.3 is 0 Å². The van der Waals surface area contributed by atoms with E-state index >= 15 is 0 Å². The highest BCUT2D eigenvalue weighted by Gasteiger charge is 2.32. The number of aromatic nitrogens is 1. The summed E-state index contributed by atoms with van der Waals surface area (Å²) in [5.41, 5.74) is 6.64. The van der Waals surface area contributed by atoms with Crippen LogP contribution >= 0.6 is 0 Å². The molecule has 1 saturated heterocycles. The summed E-state index contributed by atoms with van der Waals surface area (Å²) in [6, 6.07) is 2.67. The van der Waals surface area contributed by atoms with E-state index in [1.165, 1.54) is 4.90 Å². The molecule has 1 aliphatic rings. The fraction of sp³-hybridized carbons (Fsp3) is 0.462. The molecule has 0 aromatic carbocycles. The molecule has 1 unspecified atom stereocenters. The lowest BCUT2D eigenvalue weighted by Gasteiger charge is -2.34. The van der Waals surface area contributed by atoms with Crippen LogP contribution in [0.5, 0.6) is 0 Å². The van der Waals surface area contributed by atoms with Crippen molar-refractivity contribution in [3.63, 3.8) is 0 Å². The second kappa shape index (κ2) is 6.44. The number of likely N-dealkylation sites (N-methyl/N-ethyl adjacent to an activating group) is 1. The highest BCUT2D eigenvalue weighted by molar-refractivity contribution is 5.97. The van der Waals surface area contributed by atoms with Crippen molar-refractivity contribution in [3.8, 4) is 0 Å². The van der Waals surface area contributed by atoms with Crippen LogP contribution in [0.3, 0.4) is 0 Å². The molecule has 2 rings (SSSR count). The third kappa shape index (κ3) is 2.94. The lowest BCUT2D eigenvalue weighted by atomic mass is 10.1. The van der Waals surface area contributed by atoms with E-state index in [0.717, 1.165) is 0 Å². The first-order valence-corrected chi connectivity index (χ1v) is 6.42. The van der Waals surface area contributed by atoms with Gasteiger partial charge in [-0.1, -0.05) is 0 Å². The Morgan fingerprint density at radius 1 is 1.60 bits per heavy atom. The first-order chi connectivity index (χ1) is 9.67. The molecule has 1 aromatic rings. The third-order valence-electron chi connectivity index (χ3n) is 3.21. The van der Waals surface area contributed by atoms with E-state index in [1.54, 1.807) is 25.4 Å². The van der Waals surface area contributed by atoms with Gasteiger partial charge in [-0.3, -0.25) is 14.6 Å². The Hall–Kier alpha value is -1.99. The summed E-state index contributed by atoms with van der Waals surface area (Å²) in [6.07, 6.45) is 1.55. The summed E-state index contributed by atoms with van der Waals surface area (Å²) < 4.78 is 5.28. The van der Waals surface area contributed by atoms with Crippen LogP contribution in [0, 0.1) is 0 Å². The minimum Gasteiger partial charge on any atom is -0.377 e. The number of nitrogens with two attached hydrogens (primary N) is 1. The molecule has 0 radical (unpaired) electrons. The van der Waals surface area contributed by atoms with Gasteiger partial charge in [-0.2, -0.15) is 0 Å². The predicted molar refractivity (Wildman–Crippen MR) is 71.8 cm³/mol. The number of nitrogens with one attached hydrogen (secondary N) is 1. The fourth-order valence-corrected chi connectivity index (χ4v) is 2.12. The van der Waals surface area contributed by atoms with Crippen LogP contribution in [0.25, 0.3) is 0 Å². The smallest absolute Gasteiger partial charge is 0.254 e. The molecular weight excluding hydrogens is 260 g/mol. The Balaban J connectivity index is 2.22. The van der Waals surface area contributed by atoms with Gasteiger partial charge in [0, 0.05) is 31.9 Å². The number of ether oxygens (including phenoxy) is 1. The van der Waals surface area contributed by atoms with Gasteiger partial charge in [-0.15, -0.1) is 0 Å². The number of carbonyl (C=O) groups is 2. The lowest BCUT2D eigenvalue weighted by Crippen LogP contribution is -2.55. The van der Waals surface area contributed by atoms with Crippen molar-refractivity contribution in [1.82, 2.24) is 15.2 Å². The largest absolute Gasteiger partial charge is 0.377 e. The van der Waals surface area contributed by atoms with E-state index in [0.29, 0.717) is 24.4 Å². The molecule has 3 N–H and O–H groups in total. The molecule has 108 valence electrons. The average Bonchev–Trinajstić information content (AvgIpc) is 2.53. The van der Waals surface area contributed by atoms with Gasteiger partial charge in [-0.05, 0) is 12.1 Å². The van der Waals surface area contributed by atoms with Gasteiger partial charge in [-0.25, -0.2) is 0 Å². The highest BCUT2D eigenvalue weighted by atomic mass is 16.5. The number of nitrogens with zero attached hydrogens (tertiary/aromatic N) is 2. The maximum atomic E-state index is 12.5. The molecular formula is C13H18N4O3. The standard InChI is InChI=1S/C13H18N4O3/c1-15-12(18)11-8-20-5-4-17(11)13(19)9-2-3-16-10(6-9)7-14/h2-3,6,11H,4-5,7-8,14H2,1H3,(H,15,18). The van der Waals surface area contributed by atoms with E-state index in [2.05, 4.69) is 10.3 Å². The number of hydrogen-bond acceptors (Lipinski definition) is 5. The maximum Gasteiger partial charge on any atom is 0.254 e. The highest BCUT2D eigenvalue weighted by Crippen LogP contribution is 2.13. The van der Waals surface area contributed by atoms with Gasteiger partial charge in [0.2, 0.25) is 5.91 Å². The van der Waals surface area contributed by atoms with Crippen LogP contribution in [-0.2, 0) is 16.1 Å². The molecule has 1 aliphatic heterocycles. The summed E-state index contributed by atoms with van der Waals surface area (Å²) in [5, 5.41) is 2.55. The number of pyridine rings is 1. The maximum absolute atomic E-state index is 12.5. The second-order valence-corrected chi connectivity index (χ2v) is 4.44. The summed E-state index contributed by atoms with van der Waals surface area (Å²) >= 11 is 0. The molecule has 0 aliphatic carbocycles. The Bertz CT molecular complexity index is 506. The Labute approximate surface area is 117 Å². The van der Waals surface area contributed by atoms with Crippen molar-refractivity contribution < 1.29 is 14.3 Å². The quantitative estimate of drug-likeness (QED) is 0.749. The normalized spacial score (nSPS) is 18.7. The zero-order chi connectivity index (χ0) is 14.5. The SMILES string of the molecule is CNC(=O)C1COCCN1C(=O)c1ccnc(CN)c1. The second-order valence-electron chi connectivity index (χ2n) is 4.44.